The zero-order chi connectivity index (χ0) is 20.4. The van der Waals surface area contributed by atoms with Gasteiger partial charge in [0.05, 0.1) is 11.3 Å². The summed E-state index contributed by atoms with van der Waals surface area (Å²) < 4.78 is 24.3. The standard InChI is InChI=1S/C22H20ClNO3S/c1-22(2,28(26,27)20-12-9-18(23)10-13-20)21(25)14-19-11-8-17(15-24-19)16-6-4-3-5-7-16/h3-13,15H,14H2,1-2H3. The number of halogens is 1. The van der Waals surface area contributed by atoms with Gasteiger partial charge in [-0.25, -0.2) is 8.42 Å². The third-order valence-corrected chi connectivity index (χ3v) is 7.46. The summed E-state index contributed by atoms with van der Waals surface area (Å²) in [5, 5.41) is 0.436. The van der Waals surface area contributed by atoms with Gasteiger partial charge in [0.1, 0.15) is 4.75 Å². The maximum atomic E-state index is 13.0. The highest BCUT2D eigenvalue weighted by Gasteiger charge is 2.42. The molecule has 28 heavy (non-hydrogen) atoms. The zero-order valence-electron chi connectivity index (χ0n) is 15.6. The first-order valence-electron chi connectivity index (χ1n) is 8.76. The van der Waals surface area contributed by atoms with Gasteiger partial charge >= 0.3 is 0 Å². The van der Waals surface area contributed by atoms with Gasteiger partial charge in [0.2, 0.25) is 0 Å². The van der Waals surface area contributed by atoms with Crippen LogP contribution in [-0.2, 0) is 21.1 Å². The van der Waals surface area contributed by atoms with Crippen LogP contribution in [0.15, 0.2) is 77.8 Å². The number of hydrogen-bond acceptors (Lipinski definition) is 4. The van der Waals surface area contributed by atoms with E-state index in [1.54, 1.807) is 12.3 Å². The Labute approximate surface area is 170 Å². The number of benzene rings is 2. The Morgan fingerprint density at radius 1 is 0.929 bits per heavy atom. The predicted octanol–water partition coefficient (Wildman–Crippen LogP) is 4.77. The second-order valence-electron chi connectivity index (χ2n) is 6.97. The van der Waals surface area contributed by atoms with E-state index in [0.29, 0.717) is 10.7 Å². The highest BCUT2D eigenvalue weighted by atomic mass is 35.5. The van der Waals surface area contributed by atoms with Crippen LogP contribution in [-0.4, -0.2) is 23.9 Å². The molecule has 0 amide bonds. The molecule has 144 valence electrons. The lowest BCUT2D eigenvalue weighted by Crippen LogP contribution is -2.41. The van der Waals surface area contributed by atoms with Crippen molar-refractivity contribution in [2.75, 3.05) is 0 Å². The van der Waals surface area contributed by atoms with E-state index in [-0.39, 0.29) is 11.3 Å². The molecule has 0 saturated carbocycles. The summed E-state index contributed by atoms with van der Waals surface area (Å²) in [5.41, 5.74) is 2.49. The Bertz CT molecular complexity index is 1070. The van der Waals surface area contributed by atoms with Crippen molar-refractivity contribution in [3.8, 4) is 11.1 Å². The highest BCUT2D eigenvalue weighted by molar-refractivity contribution is 7.93. The molecule has 0 bridgehead atoms. The minimum Gasteiger partial charge on any atom is -0.298 e. The Hall–Kier alpha value is -2.50. The molecular formula is C22H20ClNO3S. The number of carbonyl (C=O) groups is 1. The van der Waals surface area contributed by atoms with E-state index in [1.165, 1.54) is 38.1 Å². The second-order valence-corrected chi connectivity index (χ2v) is 9.91. The van der Waals surface area contributed by atoms with Gasteiger partial charge in [-0.2, -0.15) is 0 Å². The van der Waals surface area contributed by atoms with Gasteiger partial charge in [0.15, 0.2) is 15.6 Å². The Morgan fingerprint density at radius 2 is 1.57 bits per heavy atom. The molecule has 0 fully saturated rings. The zero-order valence-corrected chi connectivity index (χ0v) is 17.2. The van der Waals surface area contributed by atoms with Crippen molar-refractivity contribution in [1.82, 2.24) is 4.98 Å². The van der Waals surface area contributed by atoms with Crippen LogP contribution in [0.4, 0.5) is 0 Å². The van der Waals surface area contributed by atoms with Crippen molar-refractivity contribution in [3.05, 3.63) is 83.6 Å². The van der Waals surface area contributed by atoms with E-state index in [0.717, 1.165) is 11.1 Å². The van der Waals surface area contributed by atoms with Crippen LogP contribution < -0.4 is 0 Å². The lowest BCUT2D eigenvalue weighted by Gasteiger charge is -2.23. The molecular weight excluding hydrogens is 394 g/mol. The SMILES string of the molecule is CC(C)(C(=O)Cc1ccc(-c2ccccc2)cn1)S(=O)(=O)c1ccc(Cl)cc1. The maximum Gasteiger partial charge on any atom is 0.190 e. The molecule has 3 rings (SSSR count). The molecule has 0 radical (unpaired) electrons. The number of ketones is 1. The summed E-state index contributed by atoms with van der Waals surface area (Å²) in [6.07, 6.45) is 1.63. The molecule has 1 aromatic heterocycles. The van der Waals surface area contributed by atoms with Crippen LogP contribution in [0.2, 0.25) is 5.02 Å². The quantitative estimate of drug-likeness (QED) is 0.584. The van der Waals surface area contributed by atoms with Crippen LogP contribution >= 0.6 is 11.6 Å². The fourth-order valence-corrected chi connectivity index (χ4v) is 4.35. The van der Waals surface area contributed by atoms with Crippen molar-refractivity contribution in [2.45, 2.75) is 29.9 Å². The number of rotatable bonds is 6. The third-order valence-electron chi connectivity index (χ3n) is 4.74. The Balaban J connectivity index is 1.80. The van der Waals surface area contributed by atoms with Gasteiger partial charge in [-0.1, -0.05) is 48.0 Å². The minimum atomic E-state index is -3.86. The second kappa shape index (κ2) is 7.86. The van der Waals surface area contributed by atoms with Gasteiger partial charge in [-0.05, 0) is 49.7 Å². The fourth-order valence-electron chi connectivity index (χ4n) is 2.77. The van der Waals surface area contributed by atoms with E-state index in [9.17, 15) is 13.2 Å². The number of nitrogens with zero attached hydrogens (tertiary/aromatic N) is 1. The van der Waals surface area contributed by atoms with Crippen molar-refractivity contribution < 1.29 is 13.2 Å². The average Bonchev–Trinajstić information content (AvgIpc) is 2.69. The summed E-state index contributed by atoms with van der Waals surface area (Å²) in [6, 6.07) is 19.2. The normalized spacial score (nSPS) is 12.0. The molecule has 6 heteroatoms. The van der Waals surface area contributed by atoms with Crippen molar-refractivity contribution in [1.29, 1.82) is 0 Å². The molecule has 0 aliphatic carbocycles. The maximum absolute atomic E-state index is 13.0. The number of carbonyl (C=O) groups excluding carboxylic acids is 1. The van der Waals surface area contributed by atoms with Crippen molar-refractivity contribution in [3.63, 3.8) is 0 Å². The van der Waals surface area contributed by atoms with E-state index in [2.05, 4.69) is 4.98 Å². The topological polar surface area (TPSA) is 64.1 Å². The molecule has 0 aliphatic heterocycles. The molecule has 0 unspecified atom stereocenters. The molecule has 0 N–H and O–H groups in total. The summed E-state index contributed by atoms with van der Waals surface area (Å²) in [6.45, 7) is 2.86. The monoisotopic (exact) mass is 413 g/mol. The smallest absolute Gasteiger partial charge is 0.190 e. The van der Waals surface area contributed by atoms with Crippen molar-refractivity contribution >= 4 is 27.2 Å². The largest absolute Gasteiger partial charge is 0.298 e. The van der Waals surface area contributed by atoms with Gasteiger partial charge < -0.3 is 0 Å². The van der Waals surface area contributed by atoms with Gasteiger partial charge in [-0.15, -0.1) is 0 Å². The summed E-state index contributed by atoms with van der Waals surface area (Å²) in [4.78, 5) is 17.2. The van der Waals surface area contributed by atoms with E-state index in [4.69, 9.17) is 11.6 Å². The van der Waals surface area contributed by atoms with E-state index < -0.39 is 20.4 Å². The fraction of sp³-hybridized carbons (Fsp3) is 0.182. The average molecular weight is 414 g/mol. The van der Waals surface area contributed by atoms with Crippen LogP contribution in [0, 0.1) is 0 Å². The number of sulfone groups is 1. The molecule has 3 aromatic rings. The van der Waals surface area contributed by atoms with E-state index in [1.807, 2.05) is 36.4 Å². The minimum absolute atomic E-state index is 0.0606. The van der Waals surface area contributed by atoms with Crippen LogP contribution in [0.3, 0.4) is 0 Å². The first kappa shape index (κ1) is 20.2. The molecule has 2 aromatic carbocycles. The van der Waals surface area contributed by atoms with E-state index >= 15 is 0 Å². The number of hydrogen-bond donors (Lipinski definition) is 0. The summed E-state index contributed by atoms with van der Waals surface area (Å²) in [7, 11) is -3.86. The highest BCUT2D eigenvalue weighted by Crippen LogP contribution is 2.28. The molecule has 1 heterocycles. The predicted molar refractivity (Wildman–Crippen MR) is 111 cm³/mol. The number of Topliss-reactive ketones (excluding diaryl/α,β-unsaturated/α-hetero) is 1. The lowest BCUT2D eigenvalue weighted by molar-refractivity contribution is -0.120. The third kappa shape index (κ3) is 4.01. The molecule has 0 atom stereocenters. The Morgan fingerprint density at radius 3 is 2.14 bits per heavy atom. The Kier molecular flexibility index (Phi) is 5.68. The van der Waals surface area contributed by atoms with Gasteiger partial charge in [-0.3, -0.25) is 9.78 Å². The first-order valence-corrected chi connectivity index (χ1v) is 10.6. The lowest BCUT2D eigenvalue weighted by atomic mass is 10.0. The van der Waals surface area contributed by atoms with Gasteiger partial charge in [0, 0.05) is 22.5 Å². The molecule has 0 spiro atoms. The van der Waals surface area contributed by atoms with Crippen LogP contribution in [0.25, 0.3) is 11.1 Å². The molecule has 4 nitrogen and oxygen atoms in total. The number of aromatic nitrogens is 1. The first-order chi connectivity index (χ1) is 13.2. The summed E-state index contributed by atoms with van der Waals surface area (Å²) in [5.74, 6) is -0.414. The van der Waals surface area contributed by atoms with Crippen LogP contribution in [0.1, 0.15) is 19.5 Å². The summed E-state index contributed by atoms with van der Waals surface area (Å²) >= 11 is 5.83. The molecule has 0 saturated heterocycles. The number of pyridine rings is 1. The van der Waals surface area contributed by atoms with Gasteiger partial charge in [0.25, 0.3) is 0 Å². The van der Waals surface area contributed by atoms with Crippen molar-refractivity contribution in [2.24, 2.45) is 0 Å². The van der Waals surface area contributed by atoms with Crippen LogP contribution in [0.5, 0.6) is 0 Å². The molecule has 0 aliphatic rings.